The van der Waals surface area contributed by atoms with Crippen molar-refractivity contribution in [1.82, 2.24) is 10.2 Å². The molecule has 0 bridgehead atoms. The van der Waals surface area contributed by atoms with Gasteiger partial charge >= 0.3 is 6.03 Å². The van der Waals surface area contributed by atoms with Crippen molar-refractivity contribution in [3.63, 3.8) is 0 Å². The number of amides is 3. The Morgan fingerprint density at radius 1 is 0.774 bits per heavy atom. The number of para-hydroxylation sites is 2. The largest absolute Gasteiger partial charge is 0.370 e. The highest BCUT2D eigenvalue weighted by atomic mass is 16.2. The lowest BCUT2D eigenvalue weighted by Gasteiger charge is -2.35. The number of nitrogens with one attached hydrogen (secondary N) is 2. The van der Waals surface area contributed by atoms with Crippen LogP contribution in [0.25, 0.3) is 0 Å². The van der Waals surface area contributed by atoms with Crippen molar-refractivity contribution in [3.8, 4) is 0 Å². The molecule has 6 heteroatoms. The monoisotopic (exact) mass is 426 g/mol. The van der Waals surface area contributed by atoms with Gasteiger partial charge in [-0.05, 0) is 50.7 Å². The lowest BCUT2D eigenvalue weighted by molar-refractivity contribution is -0.137. The SMILES string of the molecule is O=C(Nc1ccccc1N1CCCCCC1)NC1CCN(C(=O)C2CCCCC2)CC1. The summed E-state index contributed by atoms with van der Waals surface area (Å²) in [6.07, 6.45) is 12.4. The zero-order valence-electron chi connectivity index (χ0n) is 18.8. The molecule has 1 aromatic rings. The number of anilines is 2. The van der Waals surface area contributed by atoms with E-state index in [2.05, 4.69) is 21.6 Å². The van der Waals surface area contributed by atoms with Crippen molar-refractivity contribution in [2.75, 3.05) is 36.4 Å². The van der Waals surface area contributed by atoms with E-state index in [4.69, 9.17) is 0 Å². The summed E-state index contributed by atoms with van der Waals surface area (Å²) < 4.78 is 0. The first kappa shape index (κ1) is 22.0. The molecule has 0 unspecified atom stereocenters. The van der Waals surface area contributed by atoms with E-state index >= 15 is 0 Å². The number of urea groups is 1. The molecule has 4 rings (SSSR count). The molecule has 2 heterocycles. The van der Waals surface area contributed by atoms with Crippen LogP contribution in [0, 0.1) is 5.92 Å². The van der Waals surface area contributed by atoms with E-state index in [9.17, 15) is 9.59 Å². The zero-order valence-corrected chi connectivity index (χ0v) is 18.8. The lowest BCUT2D eigenvalue weighted by atomic mass is 9.87. The van der Waals surface area contributed by atoms with Crippen LogP contribution in [0.15, 0.2) is 24.3 Å². The fourth-order valence-corrected chi connectivity index (χ4v) is 5.36. The van der Waals surface area contributed by atoms with Gasteiger partial charge in [0.15, 0.2) is 0 Å². The van der Waals surface area contributed by atoms with Crippen LogP contribution >= 0.6 is 0 Å². The summed E-state index contributed by atoms with van der Waals surface area (Å²) in [5, 5.41) is 6.23. The second-order valence-electron chi connectivity index (χ2n) is 9.45. The van der Waals surface area contributed by atoms with Crippen LogP contribution in [-0.4, -0.2) is 49.1 Å². The van der Waals surface area contributed by atoms with Crippen LogP contribution in [0.2, 0.25) is 0 Å². The maximum Gasteiger partial charge on any atom is 0.319 e. The first-order valence-electron chi connectivity index (χ1n) is 12.4. The summed E-state index contributed by atoms with van der Waals surface area (Å²) in [5.74, 6) is 0.575. The number of carbonyl (C=O) groups is 2. The molecule has 1 aliphatic carbocycles. The second kappa shape index (κ2) is 10.9. The van der Waals surface area contributed by atoms with Gasteiger partial charge in [-0.15, -0.1) is 0 Å². The number of rotatable bonds is 4. The van der Waals surface area contributed by atoms with Crippen molar-refractivity contribution >= 4 is 23.3 Å². The first-order valence-corrected chi connectivity index (χ1v) is 12.4. The number of likely N-dealkylation sites (tertiary alicyclic amines) is 1. The first-order chi connectivity index (χ1) is 15.2. The predicted octanol–water partition coefficient (Wildman–Crippen LogP) is 4.76. The summed E-state index contributed by atoms with van der Waals surface area (Å²) in [6.45, 7) is 3.61. The van der Waals surface area contributed by atoms with Crippen LogP contribution < -0.4 is 15.5 Å². The van der Waals surface area contributed by atoms with E-state index in [1.807, 2.05) is 23.1 Å². The maximum absolute atomic E-state index is 12.8. The van der Waals surface area contributed by atoms with Gasteiger partial charge < -0.3 is 20.4 Å². The Hall–Kier alpha value is -2.24. The van der Waals surface area contributed by atoms with Crippen LogP contribution in [0.4, 0.5) is 16.2 Å². The van der Waals surface area contributed by atoms with Gasteiger partial charge in [0.2, 0.25) is 5.91 Å². The van der Waals surface area contributed by atoms with Gasteiger partial charge in [-0.3, -0.25) is 4.79 Å². The van der Waals surface area contributed by atoms with Gasteiger partial charge in [-0.25, -0.2) is 4.79 Å². The number of benzene rings is 1. The van der Waals surface area contributed by atoms with Crippen LogP contribution in [-0.2, 0) is 4.79 Å². The van der Waals surface area contributed by atoms with Crippen molar-refractivity contribution in [3.05, 3.63) is 24.3 Å². The quantitative estimate of drug-likeness (QED) is 0.730. The predicted molar refractivity (Wildman–Crippen MR) is 125 cm³/mol. The number of hydrogen-bond acceptors (Lipinski definition) is 3. The minimum absolute atomic E-state index is 0.126. The molecule has 2 N–H and O–H groups in total. The Bertz CT molecular complexity index is 731. The Kier molecular flexibility index (Phi) is 7.71. The van der Waals surface area contributed by atoms with Gasteiger partial charge in [-0.1, -0.05) is 44.2 Å². The average molecular weight is 427 g/mol. The smallest absolute Gasteiger partial charge is 0.319 e. The molecule has 170 valence electrons. The fraction of sp³-hybridized carbons (Fsp3) is 0.680. The Balaban J connectivity index is 1.27. The fourth-order valence-electron chi connectivity index (χ4n) is 5.36. The van der Waals surface area contributed by atoms with Crippen molar-refractivity contribution in [2.45, 2.75) is 76.7 Å². The molecule has 0 atom stereocenters. The van der Waals surface area contributed by atoms with Crippen LogP contribution in [0.5, 0.6) is 0 Å². The highest BCUT2D eigenvalue weighted by molar-refractivity contribution is 5.93. The van der Waals surface area contributed by atoms with E-state index < -0.39 is 0 Å². The molecular formula is C25H38N4O2. The van der Waals surface area contributed by atoms with Gasteiger partial charge in [0.25, 0.3) is 0 Å². The third-order valence-electron chi connectivity index (χ3n) is 7.20. The number of carbonyl (C=O) groups excluding carboxylic acids is 2. The van der Waals surface area contributed by atoms with Crippen molar-refractivity contribution in [1.29, 1.82) is 0 Å². The topological polar surface area (TPSA) is 64.7 Å². The van der Waals surface area contributed by atoms with Gasteiger partial charge in [-0.2, -0.15) is 0 Å². The maximum atomic E-state index is 12.8. The molecule has 31 heavy (non-hydrogen) atoms. The summed E-state index contributed by atoms with van der Waals surface area (Å²) in [7, 11) is 0. The molecule has 0 radical (unpaired) electrons. The Labute approximate surface area is 186 Å². The molecule has 0 aromatic heterocycles. The third kappa shape index (κ3) is 5.92. The number of hydrogen-bond donors (Lipinski definition) is 2. The van der Waals surface area contributed by atoms with E-state index in [0.717, 1.165) is 63.2 Å². The standard InChI is InChI=1S/C25H38N4O2/c30-24(20-10-4-3-5-11-20)29-18-14-21(15-19-29)26-25(31)27-22-12-6-7-13-23(22)28-16-8-1-2-9-17-28/h6-7,12-13,20-21H,1-5,8-11,14-19H2,(H2,26,27,31). The summed E-state index contributed by atoms with van der Waals surface area (Å²) in [5.41, 5.74) is 2.00. The molecule has 3 aliphatic rings. The minimum atomic E-state index is -0.140. The molecule has 3 amide bonds. The van der Waals surface area contributed by atoms with Gasteiger partial charge in [0.1, 0.15) is 0 Å². The Morgan fingerprint density at radius 2 is 1.42 bits per heavy atom. The molecule has 1 aromatic carbocycles. The lowest BCUT2D eigenvalue weighted by Crippen LogP contribution is -2.49. The average Bonchev–Trinajstić information content (AvgIpc) is 3.09. The van der Waals surface area contributed by atoms with Crippen LogP contribution in [0.3, 0.4) is 0 Å². The number of piperidine rings is 1. The molecule has 1 saturated carbocycles. The minimum Gasteiger partial charge on any atom is -0.370 e. The van der Waals surface area contributed by atoms with E-state index in [1.54, 1.807) is 0 Å². The third-order valence-corrected chi connectivity index (χ3v) is 7.20. The molecule has 2 saturated heterocycles. The Morgan fingerprint density at radius 3 is 2.13 bits per heavy atom. The molecule has 3 fully saturated rings. The van der Waals surface area contributed by atoms with Gasteiger partial charge in [0.05, 0.1) is 11.4 Å². The molecule has 6 nitrogen and oxygen atoms in total. The normalized spacial score (nSPS) is 21.4. The highest BCUT2D eigenvalue weighted by Gasteiger charge is 2.29. The van der Waals surface area contributed by atoms with Crippen molar-refractivity contribution in [2.24, 2.45) is 5.92 Å². The van der Waals surface area contributed by atoms with Crippen molar-refractivity contribution < 1.29 is 9.59 Å². The summed E-state index contributed by atoms with van der Waals surface area (Å²) in [4.78, 5) is 29.9. The highest BCUT2D eigenvalue weighted by Crippen LogP contribution is 2.29. The van der Waals surface area contributed by atoms with E-state index in [-0.39, 0.29) is 18.0 Å². The molecule has 2 aliphatic heterocycles. The van der Waals surface area contributed by atoms with E-state index in [1.165, 1.54) is 44.9 Å². The molecular weight excluding hydrogens is 388 g/mol. The zero-order chi connectivity index (χ0) is 21.5. The number of nitrogens with zero attached hydrogens (tertiary/aromatic N) is 2. The summed E-state index contributed by atoms with van der Waals surface area (Å²) >= 11 is 0. The summed E-state index contributed by atoms with van der Waals surface area (Å²) in [6, 6.07) is 8.11. The van der Waals surface area contributed by atoms with Gasteiger partial charge in [0, 0.05) is 38.1 Å². The van der Waals surface area contributed by atoms with Crippen LogP contribution in [0.1, 0.15) is 70.6 Å². The van der Waals surface area contributed by atoms with E-state index in [0.29, 0.717) is 5.91 Å². The molecule has 0 spiro atoms. The second-order valence-corrected chi connectivity index (χ2v) is 9.45.